The van der Waals surface area contributed by atoms with E-state index in [1.807, 2.05) is 20.8 Å². The predicted octanol–water partition coefficient (Wildman–Crippen LogP) is 4.56. The molecule has 0 aliphatic carbocycles. The lowest BCUT2D eigenvalue weighted by atomic mass is 10.1. The molecule has 1 aromatic carbocycles. The maximum atomic E-state index is 14.8. The van der Waals surface area contributed by atoms with Gasteiger partial charge in [0.2, 0.25) is 0 Å². The molecule has 0 unspecified atom stereocenters. The summed E-state index contributed by atoms with van der Waals surface area (Å²) in [5.74, 6) is -1.55. The van der Waals surface area contributed by atoms with E-state index in [0.717, 1.165) is 18.9 Å². The van der Waals surface area contributed by atoms with Crippen LogP contribution in [0.3, 0.4) is 0 Å². The highest BCUT2D eigenvalue weighted by atomic mass is 19.3. The first kappa shape index (κ1) is 26.3. The molecule has 3 rings (SSSR count). The average Bonchev–Trinajstić information content (AvgIpc) is 3.11. The molecule has 11 heteroatoms. The summed E-state index contributed by atoms with van der Waals surface area (Å²) in [4.78, 5) is 16.3. The molecular formula is C24H32F3N7O. The van der Waals surface area contributed by atoms with Gasteiger partial charge in [0.25, 0.3) is 12.3 Å². The fourth-order valence-electron chi connectivity index (χ4n) is 3.98. The number of hydrogen-bond donors (Lipinski definition) is 4. The summed E-state index contributed by atoms with van der Waals surface area (Å²) in [6.45, 7) is 5.28. The molecule has 35 heavy (non-hydrogen) atoms. The van der Waals surface area contributed by atoms with E-state index in [1.54, 1.807) is 18.2 Å². The summed E-state index contributed by atoms with van der Waals surface area (Å²) in [5, 5.41) is 11.1. The lowest BCUT2D eigenvalue weighted by Crippen LogP contribution is -2.38. The zero-order chi connectivity index (χ0) is 25.7. The molecule has 0 fully saturated rings. The number of primary amides is 1. The first-order valence-corrected chi connectivity index (χ1v) is 11.7. The number of nitrogens with zero attached hydrogens (tertiary/aromatic N) is 3. The van der Waals surface area contributed by atoms with Crippen LogP contribution in [-0.2, 0) is 13.0 Å². The van der Waals surface area contributed by atoms with Crippen LogP contribution >= 0.6 is 0 Å². The molecule has 0 saturated carbocycles. The Morgan fingerprint density at radius 3 is 2.51 bits per heavy atom. The SMILES string of the molecule is CCCc1nn(CC(F)F)c2ccc(Nc3nc(N[C@H](CCC)[C@H](C)N)c(F)cc3C(N)=O)cc12. The molecule has 2 aromatic heterocycles. The molecule has 0 radical (unpaired) electrons. The van der Waals surface area contributed by atoms with E-state index in [1.165, 1.54) is 4.68 Å². The van der Waals surface area contributed by atoms with Gasteiger partial charge in [-0.2, -0.15) is 5.10 Å². The Labute approximate surface area is 202 Å². The first-order valence-electron chi connectivity index (χ1n) is 11.7. The van der Waals surface area contributed by atoms with Crippen LogP contribution in [-0.4, -0.2) is 39.2 Å². The largest absolute Gasteiger partial charge is 0.365 e. The summed E-state index contributed by atoms with van der Waals surface area (Å²) in [7, 11) is 0. The number of benzene rings is 1. The van der Waals surface area contributed by atoms with Crippen LogP contribution in [0.1, 0.15) is 56.1 Å². The van der Waals surface area contributed by atoms with Crippen LogP contribution < -0.4 is 22.1 Å². The number of anilines is 3. The summed E-state index contributed by atoms with van der Waals surface area (Å²) in [6, 6.07) is 5.64. The molecule has 0 spiro atoms. The molecule has 0 aliphatic heterocycles. The van der Waals surface area contributed by atoms with E-state index in [4.69, 9.17) is 11.5 Å². The van der Waals surface area contributed by atoms with Crippen LogP contribution in [0.4, 0.5) is 30.5 Å². The molecule has 6 N–H and O–H groups in total. The van der Waals surface area contributed by atoms with Crippen molar-refractivity contribution in [2.75, 3.05) is 10.6 Å². The van der Waals surface area contributed by atoms with Gasteiger partial charge >= 0.3 is 0 Å². The van der Waals surface area contributed by atoms with Crippen LogP contribution in [0.25, 0.3) is 10.9 Å². The standard InChI is InChI=1S/C24H32F3N7O/c1-4-6-18(13(3)28)31-24-17(25)11-16(22(29)35)23(32-24)30-14-8-9-20-15(10-14)19(7-5-2)33-34(20)12-21(26)27/h8-11,13,18,21H,4-7,12,28H2,1-3H3,(H2,29,35)(H2,30,31,32)/t13-,18+/m0/s1. The third-order valence-electron chi connectivity index (χ3n) is 5.69. The van der Waals surface area contributed by atoms with Crippen molar-refractivity contribution in [1.29, 1.82) is 0 Å². The molecular weight excluding hydrogens is 459 g/mol. The number of nitrogens with one attached hydrogen (secondary N) is 2. The summed E-state index contributed by atoms with van der Waals surface area (Å²) in [5.41, 5.74) is 13.2. The molecule has 3 aromatic rings. The average molecular weight is 492 g/mol. The van der Waals surface area contributed by atoms with Crippen LogP contribution in [0.2, 0.25) is 0 Å². The fourth-order valence-corrected chi connectivity index (χ4v) is 3.98. The van der Waals surface area contributed by atoms with E-state index in [-0.39, 0.29) is 29.3 Å². The number of alkyl halides is 2. The number of aromatic nitrogens is 3. The van der Waals surface area contributed by atoms with Crippen LogP contribution in [0.5, 0.6) is 0 Å². The number of carbonyl (C=O) groups is 1. The molecule has 8 nitrogen and oxygen atoms in total. The number of fused-ring (bicyclic) bond motifs is 1. The first-order chi connectivity index (χ1) is 16.6. The Balaban J connectivity index is 2.02. The van der Waals surface area contributed by atoms with Crippen molar-refractivity contribution >= 4 is 34.1 Å². The lowest BCUT2D eigenvalue weighted by Gasteiger charge is -2.23. The minimum Gasteiger partial charge on any atom is -0.365 e. The van der Waals surface area contributed by atoms with Gasteiger partial charge in [-0.3, -0.25) is 9.48 Å². The van der Waals surface area contributed by atoms with Crippen LogP contribution in [0, 0.1) is 5.82 Å². The van der Waals surface area contributed by atoms with Gasteiger partial charge in [0.05, 0.1) is 16.8 Å². The number of amides is 1. The van der Waals surface area contributed by atoms with Gasteiger partial charge in [-0.15, -0.1) is 0 Å². The van der Waals surface area contributed by atoms with Gasteiger partial charge in [0.1, 0.15) is 12.4 Å². The quantitative estimate of drug-likeness (QED) is 0.295. The highest BCUT2D eigenvalue weighted by molar-refractivity contribution is 5.99. The van der Waals surface area contributed by atoms with E-state index < -0.39 is 24.7 Å². The number of aryl methyl sites for hydroxylation is 1. The summed E-state index contributed by atoms with van der Waals surface area (Å²) >= 11 is 0. The van der Waals surface area contributed by atoms with E-state index in [0.29, 0.717) is 35.1 Å². The van der Waals surface area contributed by atoms with E-state index in [2.05, 4.69) is 20.7 Å². The Hall–Kier alpha value is -3.34. The molecule has 2 heterocycles. The smallest absolute Gasteiger partial charge is 0.257 e. The van der Waals surface area contributed by atoms with E-state index >= 15 is 0 Å². The lowest BCUT2D eigenvalue weighted by molar-refractivity contribution is 0.1000. The maximum Gasteiger partial charge on any atom is 0.257 e. The number of rotatable bonds is 12. The monoisotopic (exact) mass is 491 g/mol. The topological polar surface area (TPSA) is 124 Å². The molecule has 1 amide bonds. The van der Waals surface area contributed by atoms with Crippen molar-refractivity contribution in [3.8, 4) is 0 Å². The fraction of sp³-hybridized carbons (Fsp3) is 0.458. The second-order valence-electron chi connectivity index (χ2n) is 8.60. The zero-order valence-electron chi connectivity index (χ0n) is 20.1. The van der Waals surface area contributed by atoms with Gasteiger partial charge in [-0.25, -0.2) is 18.2 Å². The van der Waals surface area contributed by atoms with Gasteiger partial charge in [0.15, 0.2) is 11.6 Å². The highest BCUT2D eigenvalue weighted by Crippen LogP contribution is 2.29. The normalized spacial score (nSPS) is 13.3. The van der Waals surface area contributed by atoms with E-state index in [9.17, 15) is 18.0 Å². The molecule has 190 valence electrons. The molecule has 2 atom stereocenters. The zero-order valence-corrected chi connectivity index (χ0v) is 20.1. The second-order valence-corrected chi connectivity index (χ2v) is 8.60. The van der Waals surface area contributed by atoms with Gasteiger partial charge in [-0.05, 0) is 44.0 Å². The minimum atomic E-state index is -2.54. The number of carbonyl (C=O) groups excluding carboxylic acids is 1. The number of hydrogen-bond acceptors (Lipinski definition) is 6. The summed E-state index contributed by atoms with van der Waals surface area (Å²) in [6.07, 6.45) is 0.410. The van der Waals surface area contributed by atoms with Crippen molar-refractivity contribution in [2.24, 2.45) is 11.5 Å². The Morgan fingerprint density at radius 2 is 1.91 bits per heavy atom. The van der Waals surface area contributed by atoms with Crippen molar-refractivity contribution in [2.45, 2.75) is 71.5 Å². The number of pyridine rings is 1. The molecule has 0 saturated heterocycles. The van der Waals surface area contributed by atoms with Crippen molar-refractivity contribution in [1.82, 2.24) is 14.8 Å². The third kappa shape index (κ3) is 6.21. The Kier molecular flexibility index (Phi) is 8.55. The number of halogens is 3. The highest BCUT2D eigenvalue weighted by Gasteiger charge is 2.21. The molecule has 0 aliphatic rings. The predicted molar refractivity (Wildman–Crippen MR) is 132 cm³/mol. The van der Waals surface area contributed by atoms with Gasteiger partial charge < -0.3 is 22.1 Å². The number of nitrogens with two attached hydrogens (primary N) is 2. The summed E-state index contributed by atoms with van der Waals surface area (Å²) < 4.78 is 42.1. The van der Waals surface area contributed by atoms with Gasteiger partial charge in [0, 0.05) is 23.2 Å². The van der Waals surface area contributed by atoms with Crippen LogP contribution in [0.15, 0.2) is 24.3 Å². The second kappa shape index (κ2) is 11.4. The maximum absolute atomic E-state index is 14.8. The third-order valence-corrected chi connectivity index (χ3v) is 5.69. The van der Waals surface area contributed by atoms with Crippen molar-refractivity contribution in [3.05, 3.63) is 41.3 Å². The minimum absolute atomic E-state index is 0.0502. The van der Waals surface area contributed by atoms with Gasteiger partial charge in [-0.1, -0.05) is 26.7 Å². The molecule has 0 bridgehead atoms. The van der Waals surface area contributed by atoms with Crippen molar-refractivity contribution in [3.63, 3.8) is 0 Å². The van der Waals surface area contributed by atoms with Crippen molar-refractivity contribution < 1.29 is 18.0 Å². The Bertz CT molecular complexity index is 1180. The Morgan fingerprint density at radius 1 is 1.17 bits per heavy atom.